The van der Waals surface area contributed by atoms with Gasteiger partial charge in [-0.05, 0) is 42.5 Å². The van der Waals surface area contributed by atoms with Crippen molar-refractivity contribution in [1.29, 1.82) is 5.26 Å². The van der Waals surface area contributed by atoms with E-state index in [1.165, 1.54) is 18.4 Å². The zero-order valence-electron chi connectivity index (χ0n) is 17.7. The maximum atomic E-state index is 14.4. The van der Waals surface area contributed by atoms with Crippen molar-refractivity contribution in [2.24, 2.45) is 0 Å². The van der Waals surface area contributed by atoms with Gasteiger partial charge in [-0.15, -0.1) is 0 Å². The molecule has 2 aromatic carbocycles. The molecule has 7 nitrogen and oxygen atoms in total. The number of hydrogen-bond donors (Lipinski definition) is 1. The van der Waals surface area contributed by atoms with Crippen LogP contribution in [0.2, 0.25) is 0 Å². The van der Waals surface area contributed by atoms with Gasteiger partial charge in [-0.1, -0.05) is 18.2 Å². The number of nitriles is 1. The van der Waals surface area contributed by atoms with Gasteiger partial charge in [0.2, 0.25) is 0 Å². The lowest BCUT2D eigenvalue weighted by Gasteiger charge is -2.36. The van der Waals surface area contributed by atoms with Gasteiger partial charge < -0.3 is 19.5 Å². The molecule has 4 rings (SSSR count). The fourth-order valence-corrected chi connectivity index (χ4v) is 3.60. The summed E-state index contributed by atoms with van der Waals surface area (Å²) in [5.41, 5.74) is 1.17. The van der Waals surface area contributed by atoms with E-state index in [9.17, 15) is 14.0 Å². The highest BCUT2D eigenvalue weighted by Gasteiger charge is 2.26. The van der Waals surface area contributed by atoms with Gasteiger partial charge in [-0.25, -0.2) is 4.39 Å². The molecule has 2 heterocycles. The number of nitrogens with zero attached hydrogens (tertiary/aromatic N) is 3. The molecule has 1 aliphatic heterocycles. The van der Waals surface area contributed by atoms with Crippen LogP contribution in [0, 0.1) is 17.1 Å². The standard InChI is InChI=1S/C25H21FN4O3/c26-21-15-18(17-27)8-9-23(21)29-10-12-30(13-11-29)25(32)22(16-20-7-4-14-33-20)28-24(31)19-5-2-1-3-6-19/h1-9,14-16H,10-13H2,(H,28,31)/b22-16-. The van der Waals surface area contributed by atoms with E-state index in [-0.39, 0.29) is 17.2 Å². The van der Waals surface area contributed by atoms with Crippen LogP contribution in [0.3, 0.4) is 0 Å². The zero-order chi connectivity index (χ0) is 23.2. The van der Waals surface area contributed by atoms with Gasteiger partial charge in [0.05, 0.1) is 23.6 Å². The molecule has 1 N–H and O–H groups in total. The average molecular weight is 444 g/mol. The van der Waals surface area contributed by atoms with E-state index in [2.05, 4.69) is 5.32 Å². The predicted octanol–water partition coefficient (Wildman–Crippen LogP) is 3.41. The fraction of sp³-hybridized carbons (Fsp3) is 0.160. The maximum absolute atomic E-state index is 14.4. The van der Waals surface area contributed by atoms with Gasteiger partial charge in [0, 0.05) is 37.8 Å². The smallest absolute Gasteiger partial charge is 0.270 e. The van der Waals surface area contributed by atoms with Crippen LogP contribution in [0.1, 0.15) is 21.7 Å². The molecule has 1 saturated heterocycles. The van der Waals surface area contributed by atoms with Crippen LogP contribution in [0.5, 0.6) is 0 Å². The van der Waals surface area contributed by atoms with Crippen molar-refractivity contribution in [1.82, 2.24) is 10.2 Å². The molecule has 0 unspecified atom stereocenters. The second-order valence-corrected chi connectivity index (χ2v) is 7.45. The largest absolute Gasteiger partial charge is 0.465 e. The molecule has 0 spiro atoms. The fourth-order valence-electron chi connectivity index (χ4n) is 3.60. The SMILES string of the molecule is N#Cc1ccc(N2CCN(C(=O)/C(=C/c3ccco3)NC(=O)c3ccccc3)CC2)c(F)c1. The third kappa shape index (κ3) is 5.10. The van der Waals surface area contributed by atoms with Gasteiger partial charge in [0.25, 0.3) is 11.8 Å². The van der Waals surface area contributed by atoms with Crippen molar-refractivity contribution in [2.75, 3.05) is 31.1 Å². The van der Waals surface area contributed by atoms with Gasteiger partial charge in [-0.2, -0.15) is 5.26 Å². The van der Waals surface area contributed by atoms with Crippen LogP contribution in [0.4, 0.5) is 10.1 Å². The van der Waals surface area contributed by atoms with Crippen molar-refractivity contribution in [3.63, 3.8) is 0 Å². The maximum Gasteiger partial charge on any atom is 0.270 e. The Balaban J connectivity index is 1.48. The van der Waals surface area contributed by atoms with Crippen molar-refractivity contribution in [3.05, 3.63) is 95.3 Å². The zero-order valence-corrected chi connectivity index (χ0v) is 17.7. The summed E-state index contributed by atoms with van der Waals surface area (Å²) in [4.78, 5) is 29.4. The predicted molar refractivity (Wildman–Crippen MR) is 121 cm³/mol. The van der Waals surface area contributed by atoms with Crippen LogP contribution in [0.15, 0.2) is 77.0 Å². The molecule has 1 aromatic heterocycles. The number of halogens is 1. The van der Waals surface area contributed by atoms with E-state index in [0.717, 1.165) is 0 Å². The second-order valence-electron chi connectivity index (χ2n) is 7.45. The number of hydrogen-bond acceptors (Lipinski definition) is 5. The van der Waals surface area contributed by atoms with Crippen molar-refractivity contribution in [3.8, 4) is 6.07 Å². The summed E-state index contributed by atoms with van der Waals surface area (Å²) in [6, 6.07) is 18.3. The second kappa shape index (κ2) is 9.83. The number of benzene rings is 2. The Kier molecular flexibility index (Phi) is 6.51. The van der Waals surface area contributed by atoms with Gasteiger partial charge >= 0.3 is 0 Å². The van der Waals surface area contributed by atoms with E-state index in [1.807, 2.05) is 11.0 Å². The summed E-state index contributed by atoms with van der Waals surface area (Å²) < 4.78 is 19.7. The molecule has 0 atom stereocenters. The van der Waals surface area contributed by atoms with Crippen LogP contribution >= 0.6 is 0 Å². The summed E-state index contributed by atoms with van der Waals surface area (Å²) in [6.45, 7) is 1.51. The van der Waals surface area contributed by atoms with Gasteiger partial charge in [-0.3, -0.25) is 9.59 Å². The lowest BCUT2D eigenvalue weighted by atomic mass is 10.1. The number of nitrogens with one attached hydrogen (secondary N) is 1. The first kappa shape index (κ1) is 21.8. The van der Waals surface area contributed by atoms with E-state index < -0.39 is 11.7 Å². The minimum Gasteiger partial charge on any atom is -0.465 e. The van der Waals surface area contributed by atoms with Crippen LogP contribution in [-0.4, -0.2) is 42.9 Å². The Morgan fingerprint density at radius 1 is 1.03 bits per heavy atom. The number of anilines is 1. The summed E-state index contributed by atoms with van der Waals surface area (Å²) in [5, 5.41) is 11.6. The molecule has 33 heavy (non-hydrogen) atoms. The first-order valence-corrected chi connectivity index (χ1v) is 10.4. The van der Waals surface area contributed by atoms with Crippen molar-refractivity contribution in [2.45, 2.75) is 0 Å². The minimum absolute atomic E-state index is 0.0943. The Hall–Kier alpha value is -4.38. The number of carbonyl (C=O) groups excluding carboxylic acids is 2. The summed E-state index contributed by atoms with van der Waals surface area (Å²) >= 11 is 0. The van der Waals surface area contributed by atoms with Crippen molar-refractivity contribution >= 4 is 23.6 Å². The van der Waals surface area contributed by atoms with Gasteiger partial charge in [0.15, 0.2) is 0 Å². The lowest BCUT2D eigenvalue weighted by molar-refractivity contribution is -0.127. The highest BCUT2D eigenvalue weighted by Crippen LogP contribution is 2.22. The average Bonchev–Trinajstić information content (AvgIpc) is 3.37. The first-order valence-electron chi connectivity index (χ1n) is 10.4. The van der Waals surface area contributed by atoms with E-state index in [4.69, 9.17) is 9.68 Å². The molecule has 166 valence electrons. The molecule has 3 aromatic rings. The first-order chi connectivity index (χ1) is 16.0. The van der Waals surface area contributed by atoms with E-state index >= 15 is 0 Å². The number of furan rings is 1. The molecular weight excluding hydrogens is 423 g/mol. The Bertz CT molecular complexity index is 1210. The molecular formula is C25H21FN4O3. The molecule has 2 amide bonds. The van der Waals surface area contributed by atoms with Gasteiger partial charge in [0.1, 0.15) is 17.3 Å². The highest BCUT2D eigenvalue weighted by molar-refractivity contribution is 6.05. The third-order valence-electron chi connectivity index (χ3n) is 5.33. The number of carbonyl (C=O) groups is 2. The lowest BCUT2D eigenvalue weighted by Crippen LogP contribution is -2.50. The molecule has 1 fully saturated rings. The molecule has 1 aliphatic rings. The van der Waals surface area contributed by atoms with Crippen LogP contribution in [0.25, 0.3) is 6.08 Å². The number of amides is 2. The molecule has 0 aliphatic carbocycles. The molecule has 8 heteroatoms. The van der Waals surface area contributed by atoms with Crippen LogP contribution in [-0.2, 0) is 4.79 Å². The summed E-state index contributed by atoms with van der Waals surface area (Å²) in [7, 11) is 0. The number of piperazine rings is 1. The summed E-state index contributed by atoms with van der Waals surface area (Å²) in [6.07, 6.45) is 2.98. The van der Waals surface area contributed by atoms with Crippen LogP contribution < -0.4 is 10.2 Å². The Labute approximate surface area is 190 Å². The highest BCUT2D eigenvalue weighted by atomic mass is 19.1. The Morgan fingerprint density at radius 2 is 1.79 bits per heavy atom. The normalized spacial score (nSPS) is 14.0. The van der Waals surface area contributed by atoms with Crippen molar-refractivity contribution < 1.29 is 18.4 Å². The number of rotatable bonds is 5. The summed E-state index contributed by atoms with van der Waals surface area (Å²) in [5.74, 6) is -0.789. The Morgan fingerprint density at radius 3 is 2.42 bits per heavy atom. The molecule has 0 saturated carbocycles. The topological polar surface area (TPSA) is 89.6 Å². The quantitative estimate of drug-likeness (QED) is 0.609. The monoisotopic (exact) mass is 444 g/mol. The molecule has 0 bridgehead atoms. The third-order valence-corrected chi connectivity index (χ3v) is 5.33. The van der Waals surface area contributed by atoms with E-state index in [0.29, 0.717) is 43.2 Å². The molecule has 0 radical (unpaired) electrons. The van der Waals surface area contributed by atoms with E-state index in [1.54, 1.807) is 59.5 Å². The minimum atomic E-state index is -0.470.